The second-order valence-corrected chi connectivity index (χ2v) is 10.7. The van der Waals surface area contributed by atoms with Gasteiger partial charge in [0, 0.05) is 4.88 Å². The van der Waals surface area contributed by atoms with Gasteiger partial charge in [-0.15, -0.1) is 11.3 Å². The van der Waals surface area contributed by atoms with Crippen LogP contribution in [0.5, 0.6) is 0 Å². The first-order valence-corrected chi connectivity index (χ1v) is 12.7. The molecule has 0 aliphatic rings. The Morgan fingerprint density at radius 2 is 1.41 bits per heavy atom. The molecule has 37 heavy (non-hydrogen) atoms. The summed E-state index contributed by atoms with van der Waals surface area (Å²) in [5.41, 5.74) is -4.41. The van der Waals surface area contributed by atoms with Crippen LogP contribution in [-0.4, -0.2) is 20.6 Å². The molecule has 15 heteroatoms. The van der Waals surface area contributed by atoms with E-state index in [4.69, 9.17) is 0 Å². The predicted molar refractivity (Wildman–Crippen MR) is 120 cm³/mol. The van der Waals surface area contributed by atoms with Gasteiger partial charge < -0.3 is 5.32 Å². The van der Waals surface area contributed by atoms with Gasteiger partial charge in [0.15, 0.2) is 11.6 Å². The Bertz CT molecular complexity index is 1390. The van der Waals surface area contributed by atoms with Crippen molar-refractivity contribution in [3.05, 3.63) is 75.7 Å². The Labute approximate surface area is 209 Å². The Kier molecular flexibility index (Phi) is 7.61. The first-order valence-electron chi connectivity index (χ1n) is 10.0. The molecular formula is C22H16F8N2O3S2. The van der Waals surface area contributed by atoms with Crippen molar-refractivity contribution in [2.24, 2.45) is 0 Å². The third-order valence-corrected chi connectivity index (χ3v) is 6.61. The number of carbonyl (C=O) groups excluding carboxylic acids is 1. The van der Waals surface area contributed by atoms with E-state index in [0.717, 1.165) is 12.1 Å². The fourth-order valence-electron chi connectivity index (χ4n) is 3.19. The quantitative estimate of drug-likeness (QED) is 0.327. The van der Waals surface area contributed by atoms with E-state index < -0.39 is 68.3 Å². The van der Waals surface area contributed by atoms with Gasteiger partial charge in [0.1, 0.15) is 5.69 Å². The van der Waals surface area contributed by atoms with Crippen molar-refractivity contribution in [1.29, 1.82) is 0 Å². The number of amides is 1. The number of carbonyl (C=O) groups is 1. The monoisotopic (exact) mass is 572 g/mol. The minimum Gasteiger partial charge on any atom is -0.345 e. The molecule has 5 nitrogen and oxygen atoms in total. The number of sulfonamides is 1. The topological polar surface area (TPSA) is 75.3 Å². The zero-order chi connectivity index (χ0) is 27.9. The number of anilines is 1. The van der Waals surface area contributed by atoms with Crippen LogP contribution in [0.2, 0.25) is 0 Å². The Balaban J connectivity index is 1.86. The van der Waals surface area contributed by atoms with Crippen LogP contribution in [0.4, 0.5) is 40.8 Å². The maximum atomic E-state index is 14.2. The number of halogens is 8. The molecule has 0 spiro atoms. The molecule has 0 aliphatic heterocycles. The zero-order valence-electron chi connectivity index (χ0n) is 18.7. The molecule has 1 atom stereocenters. The normalized spacial score (nSPS) is 13.4. The van der Waals surface area contributed by atoms with Crippen LogP contribution in [0.15, 0.2) is 42.5 Å². The molecular weight excluding hydrogens is 556 g/mol. The standard InChI is InChI=1S/C22H16F8N2O3S2/c1-10(11-7-15(23)19(16(24)8-11)32-37(2,34)35)31-20(33)18-4-3-17(36-18)12-5-13(21(25,26)27)9-14(6-12)22(28,29)30/h3-10,32H,1-2H3,(H,31,33)/t10-/m1/s1. The second kappa shape index (κ2) is 9.93. The molecule has 0 aliphatic carbocycles. The lowest BCUT2D eigenvalue weighted by molar-refractivity contribution is -0.143. The molecule has 2 aromatic carbocycles. The third kappa shape index (κ3) is 6.97. The first kappa shape index (κ1) is 28.4. The molecule has 0 fully saturated rings. The highest BCUT2D eigenvalue weighted by atomic mass is 32.2. The zero-order valence-corrected chi connectivity index (χ0v) is 20.3. The van der Waals surface area contributed by atoms with Crippen LogP contribution in [0, 0.1) is 11.6 Å². The van der Waals surface area contributed by atoms with Gasteiger partial charge in [0.25, 0.3) is 5.91 Å². The molecule has 0 unspecified atom stereocenters. The second-order valence-electron chi connectivity index (χ2n) is 7.89. The van der Waals surface area contributed by atoms with Gasteiger partial charge in [-0.1, -0.05) is 0 Å². The lowest BCUT2D eigenvalue weighted by Crippen LogP contribution is -2.26. The van der Waals surface area contributed by atoms with Crippen molar-refractivity contribution >= 4 is 33.0 Å². The van der Waals surface area contributed by atoms with Gasteiger partial charge in [-0.3, -0.25) is 9.52 Å². The van der Waals surface area contributed by atoms with E-state index in [0.29, 0.717) is 29.7 Å². The summed E-state index contributed by atoms with van der Waals surface area (Å²) in [4.78, 5) is 12.5. The molecule has 1 heterocycles. The largest absolute Gasteiger partial charge is 0.416 e. The number of thiophene rings is 1. The summed E-state index contributed by atoms with van der Waals surface area (Å²) in [7, 11) is -3.98. The van der Waals surface area contributed by atoms with Crippen molar-refractivity contribution in [3.63, 3.8) is 0 Å². The lowest BCUT2D eigenvalue weighted by atomic mass is 10.0. The SMILES string of the molecule is C[C@@H](NC(=O)c1ccc(-c2cc(C(F)(F)F)cc(C(F)(F)F)c2)s1)c1cc(F)c(NS(C)(=O)=O)c(F)c1. The molecule has 3 rings (SSSR count). The highest BCUT2D eigenvalue weighted by Crippen LogP contribution is 2.40. The summed E-state index contributed by atoms with van der Waals surface area (Å²) in [5.74, 6) is -3.30. The highest BCUT2D eigenvalue weighted by molar-refractivity contribution is 7.92. The van der Waals surface area contributed by atoms with E-state index in [2.05, 4.69) is 5.32 Å². The molecule has 200 valence electrons. The summed E-state index contributed by atoms with van der Waals surface area (Å²) in [6, 6.07) is 3.97. The molecule has 0 radical (unpaired) electrons. The molecule has 1 aromatic heterocycles. The van der Waals surface area contributed by atoms with Gasteiger partial charge in [-0.25, -0.2) is 17.2 Å². The number of hydrogen-bond acceptors (Lipinski definition) is 4. The molecule has 1 amide bonds. The summed E-state index contributed by atoms with van der Waals surface area (Å²) in [5, 5.41) is 2.41. The molecule has 3 aromatic rings. The minimum atomic E-state index is -5.04. The number of alkyl halides is 6. The maximum absolute atomic E-state index is 14.2. The van der Waals surface area contributed by atoms with E-state index in [9.17, 15) is 48.3 Å². The van der Waals surface area contributed by atoms with Crippen molar-refractivity contribution in [3.8, 4) is 10.4 Å². The van der Waals surface area contributed by atoms with E-state index >= 15 is 0 Å². The fraction of sp³-hybridized carbons (Fsp3) is 0.227. The molecule has 0 saturated carbocycles. The lowest BCUT2D eigenvalue weighted by Gasteiger charge is -2.16. The van der Waals surface area contributed by atoms with E-state index in [1.54, 1.807) is 4.72 Å². The smallest absolute Gasteiger partial charge is 0.345 e. The van der Waals surface area contributed by atoms with Crippen molar-refractivity contribution in [2.45, 2.75) is 25.3 Å². The van der Waals surface area contributed by atoms with E-state index in [1.807, 2.05) is 0 Å². The van der Waals surface area contributed by atoms with Crippen LogP contribution < -0.4 is 10.0 Å². The van der Waals surface area contributed by atoms with Gasteiger partial charge >= 0.3 is 12.4 Å². The first-order chi connectivity index (χ1) is 16.8. The average Bonchev–Trinajstić information content (AvgIpc) is 3.24. The van der Waals surface area contributed by atoms with Crippen molar-refractivity contribution in [2.75, 3.05) is 11.0 Å². The molecule has 2 N–H and O–H groups in total. The molecule has 0 saturated heterocycles. The van der Waals surface area contributed by atoms with Gasteiger partial charge in [-0.05, 0) is 60.5 Å². The van der Waals surface area contributed by atoms with Crippen LogP contribution in [0.1, 0.15) is 39.3 Å². The Morgan fingerprint density at radius 1 is 0.892 bits per heavy atom. The van der Waals surface area contributed by atoms with Crippen molar-refractivity contribution < 1.29 is 48.3 Å². The highest BCUT2D eigenvalue weighted by Gasteiger charge is 2.37. The van der Waals surface area contributed by atoms with Gasteiger partial charge in [0.2, 0.25) is 10.0 Å². The van der Waals surface area contributed by atoms with Crippen LogP contribution in [-0.2, 0) is 22.4 Å². The van der Waals surface area contributed by atoms with Gasteiger partial charge in [0.05, 0.1) is 28.3 Å². The van der Waals surface area contributed by atoms with Crippen LogP contribution >= 0.6 is 11.3 Å². The minimum absolute atomic E-state index is 0.0125. The number of benzene rings is 2. The Morgan fingerprint density at radius 3 is 1.86 bits per heavy atom. The average molecular weight is 572 g/mol. The number of rotatable bonds is 6. The summed E-state index contributed by atoms with van der Waals surface area (Å²) in [6.07, 6.45) is -9.39. The molecule has 0 bridgehead atoms. The van der Waals surface area contributed by atoms with E-state index in [1.165, 1.54) is 19.1 Å². The maximum Gasteiger partial charge on any atom is 0.416 e. The Hall–Kier alpha value is -3.20. The van der Waals surface area contributed by atoms with Crippen LogP contribution in [0.25, 0.3) is 10.4 Å². The summed E-state index contributed by atoms with van der Waals surface area (Å²) < 4.78 is 132. The predicted octanol–water partition coefficient (Wildman–Crippen LogP) is 6.59. The van der Waals surface area contributed by atoms with Crippen molar-refractivity contribution in [1.82, 2.24) is 5.32 Å². The number of hydrogen-bond donors (Lipinski definition) is 2. The third-order valence-electron chi connectivity index (χ3n) is 4.90. The van der Waals surface area contributed by atoms with E-state index in [-0.39, 0.29) is 21.4 Å². The summed E-state index contributed by atoms with van der Waals surface area (Å²) in [6.45, 7) is 1.35. The summed E-state index contributed by atoms with van der Waals surface area (Å²) >= 11 is 0.613. The van der Waals surface area contributed by atoms with Gasteiger partial charge in [-0.2, -0.15) is 26.3 Å². The number of nitrogens with one attached hydrogen (secondary N) is 2. The fourth-order valence-corrected chi connectivity index (χ4v) is 4.65. The van der Waals surface area contributed by atoms with Crippen LogP contribution in [0.3, 0.4) is 0 Å².